The maximum Gasteiger partial charge on any atom is 0.188 e. The number of aromatic nitrogens is 2. The highest BCUT2D eigenvalue weighted by Crippen LogP contribution is 2.42. The molecule has 0 saturated heterocycles. The average Bonchev–Trinajstić information content (AvgIpc) is 3.69. The first-order valence-electron chi connectivity index (χ1n) is 16.3. The van der Waals surface area contributed by atoms with Gasteiger partial charge in [0.25, 0.3) is 0 Å². The minimum atomic E-state index is 0.559. The highest BCUT2D eigenvalue weighted by molar-refractivity contribution is 6.11. The summed E-state index contributed by atoms with van der Waals surface area (Å²) in [6.45, 7) is 7.56. The molecule has 0 aliphatic rings. The van der Waals surface area contributed by atoms with Crippen LogP contribution in [0.4, 0.5) is 5.69 Å². The maximum atomic E-state index is 10.5. The Hall–Kier alpha value is -7.39. The largest absolute Gasteiger partial charge is 0.309 e. The summed E-state index contributed by atoms with van der Waals surface area (Å²) in [7, 11) is 0. The number of hydrogen-bond acceptors (Lipinski definition) is 2. The molecule has 50 heavy (non-hydrogen) atoms. The summed E-state index contributed by atoms with van der Waals surface area (Å²) in [5, 5.41) is 24.3. The highest BCUT2D eigenvalue weighted by atomic mass is 15.0. The average molecular weight is 636 g/mol. The van der Waals surface area contributed by atoms with Crippen LogP contribution in [-0.2, 0) is 0 Å². The van der Waals surface area contributed by atoms with Crippen molar-refractivity contribution in [2.75, 3.05) is 0 Å². The number of fused-ring (bicyclic) bond motifs is 6. The zero-order valence-electron chi connectivity index (χ0n) is 26.7. The molecule has 0 radical (unpaired) electrons. The first-order chi connectivity index (χ1) is 24.7. The summed E-state index contributed by atoms with van der Waals surface area (Å²) in [6.07, 6.45) is 0. The van der Waals surface area contributed by atoms with Crippen molar-refractivity contribution in [3.05, 3.63) is 174 Å². The molecule has 5 nitrogen and oxygen atoms in total. The van der Waals surface area contributed by atoms with Crippen LogP contribution in [0.2, 0.25) is 0 Å². The molecule has 0 bridgehead atoms. The third-order valence-electron chi connectivity index (χ3n) is 9.62. The number of benzene rings is 7. The molecule has 0 N–H and O–H groups in total. The van der Waals surface area contributed by atoms with Gasteiger partial charge in [0.2, 0.25) is 0 Å². The van der Waals surface area contributed by atoms with Crippen molar-refractivity contribution >= 4 is 49.3 Å². The molecule has 0 amide bonds. The molecular weight excluding hydrogens is 611 g/mol. The minimum Gasteiger partial charge on any atom is -0.309 e. The fourth-order valence-corrected chi connectivity index (χ4v) is 7.46. The number of rotatable bonds is 4. The molecule has 9 rings (SSSR count). The number of nitrogens with zero attached hydrogens (tertiary/aromatic N) is 5. The van der Waals surface area contributed by atoms with E-state index in [1.54, 1.807) is 0 Å². The van der Waals surface area contributed by atoms with E-state index in [1.165, 1.54) is 10.8 Å². The number of hydrogen-bond donors (Lipinski definition) is 0. The zero-order chi connectivity index (χ0) is 33.8. The van der Waals surface area contributed by atoms with Gasteiger partial charge in [0.1, 0.15) is 0 Å². The lowest BCUT2D eigenvalue weighted by Gasteiger charge is -2.18. The molecule has 0 aliphatic carbocycles. The van der Waals surface area contributed by atoms with Crippen LogP contribution in [-0.4, -0.2) is 9.13 Å². The molecule has 7 aromatic carbocycles. The van der Waals surface area contributed by atoms with Crippen LogP contribution in [0.25, 0.3) is 82.1 Å². The Morgan fingerprint density at radius 1 is 0.500 bits per heavy atom. The fraction of sp³-hybridized carbons (Fsp3) is 0. The minimum absolute atomic E-state index is 0.559. The molecular formula is C45H25N5. The van der Waals surface area contributed by atoms with Crippen molar-refractivity contribution in [2.45, 2.75) is 0 Å². The summed E-state index contributed by atoms with van der Waals surface area (Å²) in [4.78, 5) is 3.65. The standard InChI is InChI=1S/C45H25N5/c1-48-32-20-24-43-39(26-32)38-25-29(27-46)17-23-42(38)49(43)33-21-18-30(19-22-33)34-10-2-3-13-37(34)45-31(28-47)9-8-16-44(45)50-40-14-6-4-11-35(40)36-12-5-7-15-41(36)50/h2-26H. The highest BCUT2D eigenvalue weighted by Gasteiger charge is 2.20. The molecule has 230 valence electrons. The summed E-state index contributed by atoms with van der Waals surface area (Å²) < 4.78 is 4.46. The maximum absolute atomic E-state index is 10.5. The molecule has 2 heterocycles. The monoisotopic (exact) mass is 635 g/mol. The summed E-state index contributed by atoms with van der Waals surface area (Å²) in [6, 6.07) is 55.7. The van der Waals surface area contributed by atoms with Gasteiger partial charge < -0.3 is 9.13 Å². The van der Waals surface area contributed by atoms with Crippen molar-refractivity contribution in [1.82, 2.24) is 9.13 Å². The smallest absolute Gasteiger partial charge is 0.188 e. The van der Waals surface area contributed by atoms with Crippen LogP contribution in [0.1, 0.15) is 11.1 Å². The Morgan fingerprint density at radius 3 is 1.80 bits per heavy atom. The fourth-order valence-electron chi connectivity index (χ4n) is 7.46. The van der Waals surface area contributed by atoms with E-state index in [2.05, 4.69) is 117 Å². The molecule has 2 aromatic heterocycles. The Bertz CT molecular complexity index is 2830. The second kappa shape index (κ2) is 11.4. The molecule has 0 saturated carbocycles. The Balaban J connectivity index is 1.23. The second-order valence-corrected chi connectivity index (χ2v) is 12.3. The van der Waals surface area contributed by atoms with E-state index in [0.29, 0.717) is 16.8 Å². The summed E-state index contributed by atoms with van der Waals surface area (Å²) >= 11 is 0. The molecule has 0 spiro atoms. The Morgan fingerprint density at radius 2 is 1.12 bits per heavy atom. The van der Waals surface area contributed by atoms with Gasteiger partial charge in [-0.2, -0.15) is 10.5 Å². The van der Waals surface area contributed by atoms with Crippen LogP contribution in [0, 0.1) is 29.2 Å². The lowest BCUT2D eigenvalue weighted by atomic mass is 9.90. The zero-order valence-corrected chi connectivity index (χ0v) is 26.7. The molecule has 0 atom stereocenters. The Kier molecular flexibility index (Phi) is 6.56. The third-order valence-corrected chi connectivity index (χ3v) is 9.62. The van der Waals surface area contributed by atoms with Crippen molar-refractivity contribution in [3.63, 3.8) is 0 Å². The van der Waals surface area contributed by atoms with E-state index in [4.69, 9.17) is 6.57 Å². The molecule has 9 aromatic rings. The number of nitriles is 2. The van der Waals surface area contributed by atoms with E-state index in [1.807, 2.05) is 60.7 Å². The van der Waals surface area contributed by atoms with Gasteiger partial charge in [0.15, 0.2) is 5.69 Å². The lowest BCUT2D eigenvalue weighted by Crippen LogP contribution is -2.00. The van der Waals surface area contributed by atoms with Gasteiger partial charge in [0.05, 0.1) is 57.6 Å². The van der Waals surface area contributed by atoms with Gasteiger partial charge in [-0.1, -0.05) is 84.9 Å². The van der Waals surface area contributed by atoms with Crippen molar-refractivity contribution < 1.29 is 0 Å². The van der Waals surface area contributed by atoms with Crippen LogP contribution >= 0.6 is 0 Å². The van der Waals surface area contributed by atoms with Gasteiger partial charge in [-0.15, -0.1) is 0 Å². The van der Waals surface area contributed by atoms with Crippen molar-refractivity contribution in [2.24, 2.45) is 0 Å². The van der Waals surface area contributed by atoms with Crippen molar-refractivity contribution in [3.8, 4) is 45.8 Å². The van der Waals surface area contributed by atoms with Crippen LogP contribution in [0.3, 0.4) is 0 Å². The third kappa shape index (κ3) is 4.31. The normalized spacial score (nSPS) is 11.1. The first-order valence-corrected chi connectivity index (χ1v) is 16.3. The van der Waals surface area contributed by atoms with Crippen LogP contribution in [0.5, 0.6) is 0 Å². The Labute approximate surface area is 288 Å². The molecule has 5 heteroatoms. The topological polar surface area (TPSA) is 61.8 Å². The first kappa shape index (κ1) is 28.8. The van der Waals surface area contributed by atoms with Gasteiger partial charge in [-0.25, -0.2) is 4.85 Å². The number of para-hydroxylation sites is 2. The molecule has 0 aliphatic heterocycles. The predicted octanol–water partition coefficient (Wildman–Crippen LogP) is 11.5. The van der Waals surface area contributed by atoms with Gasteiger partial charge in [-0.05, 0) is 88.8 Å². The van der Waals surface area contributed by atoms with E-state index in [0.717, 1.165) is 66.5 Å². The second-order valence-electron chi connectivity index (χ2n) is 12.3. The van der Waals surface area contributed by atoms with Gasteiger partial charge in [0, 0.05) is 27.4 Å². The quantitative estimate of drug-likeness (QED) is 0.181. The van der Waals surface area contributed by atoms with E-state index >= 15 is 0 Å². The molecule has 0 fully saturated rings. The molecule has 0 unspecified atom stereocenters. The SMILES string of the molecule is [C-]#[N+]c1ccc2c(c1)c1cc(C#N)ccc1n2-c1ccc(-c2ccccc2-c2c(C#N)cccc2-n2c3ccccc3c3ccccc32)cc1. The van der Waals surface area contributed by atoms with E-state index in [9.17, 15) is 10.5 Å². The predicted molar refractivity (Wildman–Crippen MR) is 202 cm³/mol. The summed E-state index contributed by atoms with van der Waals surface area (Å²) in [5.41, 5.74) is 11.7. The van der Waals surface area contributed by atoms with Gasteiger partial charge >= 0.3 is 0 Å². The van der Waals surface area contributed by atoms with Crippen LogP contribution in [0.15, 0.2) is 152 Å². The van der Waals surface area contributed by atoms with E-state index in [-0.39, 0.29) is 0 Å². The lowest BCUT2D eigenvalue weighted by molar-refractivity contribution is 1.18. The van der Waals surface area contributed by atoms with Gasteiger partial charge in [-0.3, -0.25) is 0 Å². The summed E-state index contributed by atoms with van der Waals surface area (Å²) in [5.74, 6) is 0. The van der Waals surface area contributed by atoms with E-state index < -0.39 is 0 Å². The van der Waals surface area contributed by atoms with Crippen LogP contribution < -0.4 is 0 Å². The van der Waals surface area contributed by atoms with Crippen molar-refractivity contribution in [1.29, 1.82) is 10.5 Å².